The van der Waals surface area contributed by atoms with Crippen molar-refractivity contribution in [3.05, 3.63) is 60.2 Å². The van der Waals surface area contributed by atoms with Gasteiger partial charge < -0.3 is 5.11 Å². The number of benzene rings is 3. The van der Waals surface area contributed by atoms with Crippen molar-refractivity contribution in [2.45, 2.75) is 6.61 Å². The fourth-order valence-electron chi connectivity index (χ4n) is 2.16. The Balaban J connectivity index is 2.47. The van der Waals surface area contributed by atoms with Gasteiger partial charge in [-0.1, -0.05) is 48.5 Å². The molecule has 0 aliphatic heterocycles. The second kappa shape index (κ2) is 3.62. The van der Waals surface area contributed by atoms with Gasteiger partial charge in [0.15, 0.2) is 6.61 Å². The Hall–Kier alpha value is -1.86. The van der Waals surface area contributed by atoms with Gasteiger partial charge in [-0.2, -0.15) is 0 Å². The van der Waals surface area contributed by atoms with Crippen LogP contribution in [0, 0.1) is 0 Å². The summed E-state index contributed by atoms with van der Waals surface area (Å²) >= 11 is 0. The zero-order chi connectivity index (χ0) is 11.0. The highest BCUT2D eigenvalue weighted by Gasteiger charge is 2.01. The van der Waals surface area contributed by atoms with Crippen molar-refractivity contribution in [2.24, 2.45) is 0 Å². The average Bonchev–Trinajstić information content (AvgIpc) is 2.38. The molecule has 0 aromatic heterocycles. The lowest BCUT2D eigenvalue weighted by atomic mass is 10.0. The predicted molar refractivity (Wildman–Crippen MR) is 68.8 cm³/mol. The first-order chi connectivity index (χ1) is 7.88. The zero-order valence-corrected chi connectivity index (χ0v) is 8.90. The molecular weight excluding hydrogens is 196 g/mol. The van der Waals surface area contributed by atoms with E-state index < -0.39 is 0 Å². The van der Waals surface area contributed by atoms with Gasteiger partial charge in [-0.05, 0) is 27.6 Å². The summed E-state index contributed by atoms with van der Waals surface area (Å²) in [7, 11) is 0. The van der Waals surface area contributed by atoms with Crippen molar-refractivity contribution in [1.29, 1.82) is 0 Å². The molecule has 0 amide bonds. The SMILES string of the molecule is [OH2+]Cc1ccc2ccc3ccccc3c2c1. The van der Waals surface area contributed by atoms with Crippen molar-refractivity contribution in [3.8, 4) is 0 Å². The maximum Gasteiger partial charge on any atom is 0.169 e. The Morgan fingerprint density at radius 3 is 2.25 bits per heavy atom. The third-order valence-electron chi connectivity index (χ3n) is 3.02. The van der Waals surface area contributed by atoms with Gasteiger partial charge in [-0.25, -0.2) is 0 Å². The van der Waals surface area contributed by atoms with Crippen LogP contribution in [0.3, 0.4) is 0 Å². The van der Waals surface area contributed by atoms with E-state index in [9.17, 15) is 0 Å². The summed E-state index contributed by atoms with van der Waals surface area (Å²) < 4.78 is 0. The molecule has 0 aliphatic carbocycles. The van der Waals surface area contributed by atoms with Crippen LogP contribution in [0.5, 0.6) is 0 Å². The van der Waals surface area contributed by atoms with Gasteiger partial charge in [0.05, 0.1) is 0 Å². The van der Waals surface area contributed by atoms with Gasteiger partial charge in [0.25, 0.3) is 0 Å². The first kappa shape index (κ1) is 9.37. The maximum atomic E-state index is 7.43. The molecular formula is C15H13O+. The lowest BCUT2D eigenvalue weighted by Gasteiger charge is -2.04. The highest BCUT2D eigenvalue weighted by Crippen LogP contribution is 2.26. The van der Waals surface area contributed by atoms with Crippen LogP contribution in [0.4, 0.5) is 0 Å². The summed E-state index contributed by atoms with van der Waals surface area (Å²) in [6.07, 6.45) is 0. The average molecular weight is 209 g/mol. The van der Waals surface area contributed by atoms with Crippen LogP contribution < -0.4 is 0 Å². The summed E-state index contributed by atoms with van der Waals surface area (Å²) in [4.78, 5) is 0. The normalized spacial score (nSPS) is 11.1. The fourth-order valence-corrected chi connectivity index (χ4v) is 2.16. The number of rotatable bonds is 1. The largest absolute Gasteiger partial charge is 0.442 e. The molecule has 0 spiro atoms. The van der Waals surface area contributed by atoms with E-state index in [0.29, 0.717) is 6.61 Å². The van der Waals surface area contributed by atoms with Crippen LogP contribution in [0.1, 0.15) is 5.56 Å². The molecule has 0 bridgehead atoms. The zero-order valence-electron chi connectivity index (χ0n) is 8.90. The van der Waals surface area contributed by atoms with Crippen molar-refractivity contribution < 1.29 is 5.11 Å². The second-order valence-electron chi connectivity index (χ2n) is 4.02. The molecule has 16 heavy (non-hydrogen) atoms. The van der Waals surface area contributed by atoms with Crippen LogP contribution in [-0.4, -0.2) is 5.11 Å². The lowest BCUT2D eigenvalue weighted by molar-refractivity contribution is 0.282. The molecule has 0 saturated carbocycles. The van der Waals surface area contributed by atoms with E-state index in [2.05, 4.69) is 48.5 Å². The van der Waals surface area contributed by atoms with Crippen molar-refractivity contribution >= 4 is 21.5 Å². The molecule has 0 aliphatic rings. The van der Waals surface area contributed by atoms with Gasteiger partial charge in [-0.15, -0.1) is 0 Å². The van der Waals surface area contributed by atoms with E-state index in [1.165, 1.54) is 21.5 Å². The molecule has 0 heterocycles. The van der Waals surface area contributed by atoms with E-state index in [-0.39, 0.29) is 0 Å². The summed E-state index contributed by atoms with van der Waals surface area (Å²) in [6, 6.07) is 19.0. The van der Waals surface area contributed by atoms with Crippen molar-refractivity contribution in [1.82, 2.24) is 0 Å². The van der Waals surface area contributed by atoms with Gasteiger partial charge in [0.1, 0.15) is 0 Å². The van der Waals surface area contributed by atoms with E-state index in [4.69, 9.17) is 5.11 Å². The molecule has 0 radical (unpaired) electrons. The molecule has 0 unspecified atom stereocenters. The van der Waals surface area contributed by atoms with Gasteiger partial charge in [-0.3, -0.25) is 0 Å². The van der Waals surface area contributed by atoms with Crippen LogP contribution in [-0.2, 0) is 6.61 Å². The minimum atomic E-state index is 0.346. The van der Waals surface area contributed by atoms with Crippen LogP contribution in [0.15, 0.2) is 54.6 Å². The van der Waals surface area contributed by atoms with Gasteiger partial charge >= 0.3 is 0 Å². The summed E-state index contributed by atoms with van der Waals surface area (Å²) in [5.74, 6) is 0. The number of hydrogen-bond donors (Lipinski definition) is 0. The molecule has 1 nitrogen and oxygen atoms in total. The molecule has 3 aromatic rings. The molecule has 0 fully saturated rings. The van der Waals surface area contributed by atoms with Crippen molar-refractivity contribution in [3.63, 3.8) is 0 Å². The smallest absolute Gasteiger partial charge is 0.169 e. The number of hydrogen-bond acceptors (Lipinski definition) is 0. The maximum absolute atomic E-state index is 7.43. The quantitative estimate of drug-likeness (QED) is 0.434. The first-order valence-electron chi connectivity index (χ1n) is 5.43. The number of fused-ring (bicyclic) bond motifs is 3. The van der Waals surface area contributed by atoms with Crippen LogP contribution in [0.25, 0.3) is 21.5 Å². The Kier molecular flexibility index (Phi) is 2.12. The molecule has 3 aromatic carbocycles. The molecule has 1 heteroatoms. The Morgan fingerprint density at radius 2 is 1.44 bits per heavy atom. The minimum Gasteiger partial charge on any atom is -0.442 e. The standard InChI is InChI=1S/C15H12O/c16-10-11-5-6-13-8-7-12-3-1-2-4-14(12)15(13)9-11/h1-9,16H,10H2/p+1. The third kappa shape index (κ3) is 1.37. The topological polar surface area (TPSA) is 22.9 Å². The van der Waals surface area contributed by atoms with Crippen molar-refractivity contribution in [2.75, 3.05) is 0 Å². The lowest BCUT2D eigenvalue weighted by Crippen LogP contribution is -1.83. The molecule has 78 valence electrons. The first-order valence-corrected chi connectivity index (χ1v) is 5.43. The molecule has 0 saturated heterocycles. The monoisotopic (exact) mass is 209 g/mol. The Labute approximate surface area is 94.0 Å². The van der Waals surface area contributed by atoms with Gasteiger partial charge in [0.2, 0.25) is 0 Å². The Bertz CT molecular complexity index is 656. The molecule has 0 atom stereocenters. The summed E-state index contributed by atoms with van der Waals surface area (Å²) in [5, 5.41) is 12.5. The van der Waals surface area contributed by atoms with E-state index in [1.54, 1.807) is 0 Å². The van der Waals surface area contributed by atoms with Crippen LogP contribution >= 0.6 is 0 Å². The summed E-state index contributed by atoms with van der Waals surface area (Å²) in [5.41, 5.74) is 1.07. The van der Waals surface area contributed by atoms with E-state index in [1.807, 2.05) is 6.07 Å². The highest BCUT2D eigenvalue weighted by molar-refractivity contribution is 6.07. The van der Waals surface area contributed by atoms with Gasteiger partial charge in [0, 0.05) is 5.56 Å². The van der Waals surface area contributed by atoms with E-state index in [0.717, 1.165) is 5.56 Å². The second-order valence-corrected chi connectivity index (χ2v) is 4.02. The Morgan fingerprint density at radius 1 is 0.750 bits per heavy atom. The molecule has 2 N–H and O–H groups in total. The van der Waals surface area contributed by atoms with E-state index >= 15 is 0 Å². The molecule has 3 rings (SSSR count). The summed E-state index contributed by atoms with van der Waals surface area (Å²) in [6.45, 7) is 0.346. The fraction of sp³-hybridized carbons (Fsp3) is 0.0667. The minimum absolute atomic E-state index is 0.346. The highest BCUT2D eigenvalue weighted by atomic mass is 16.3. The predicted octanol–water partition coefficient (Wildman–Crippen LogP) is 3.22. The van der Waals surface area contributed by atoms with Crippen LogP contribution in [0.2, 0.25) is 0 Å². The third-order valence-corrected chi connectivity index (χ3v) is 3.02.